The van der Waals surface area contributed by atoms with Crippen LogP contribution in [0.4, 0.5) is 0 Å². The van der Waals surface area contributed by atoms with E-state index in [1.165, 1.54) is 25.7 Å². The molecule has 0 aliphatic heterocycles. The molecule has 0 saturated heterocycles. The molecule has 0 aromatic rings. The topological polar surface area (TPSA) is 29.5 Å². The van der Waals surface area contributed by atoms with Crippen molar-refractivity contribution in [2.24, 2.45) is 11.8 Å². The van der Waals surface area contributed by atoms with E-state index in [2.05, 4.69) is 13.8 Å². The predicted octanol–water partition coefficient (Wildman–Crippen LogP) is 2.60. The Hall–Kier alpha value is -0.0800. The van der Waals surface area contributed by atoms with Crippen molar-refractivity contribution < 1.29 is 9.84 Å². The summed E-state index contributed by atoms with van der Waals surface area (Å²) >= 11 is 0. The number of hydrogen-bond acceptors (Lipinski definition) is 2. The number of rotatable bonds is 5. The molecule has 0 spiro atoms. The molecular weight excluding hydrogens is 176 g/mol. The minimum Gasteiger partial charge on any atom is -0.390 e. The van der Waals surface area contributed by atoms with Gasteiger partial charge in [0, 0.05) is 6.61 Å². The van der Waals surface area contributed by atoms with Crippen LogP contribution in [-0.4, -0.2) is 24.4 Å². The van der Waals surface area contributed by atoms with Crippen LogP contribution in [0.25, 0.3) is 0 Å². The number of aliphatic hydroxyl groups is 1. The van der Waals surface area contributed by atoms with Crippen LogP contribution in [-0.2, 0) is 4.74 Å². The summed E-state index contributed by atoms with van der Waals surface area (Å²) in [6, 6.07) is 0. The molecule has 84 valence electrons. The first-order chi connectivity index (χ1) is 6.74. The Bertz CT molecular complexity index is 139. The second kappa shape index (κ2) is 6.41. The van der Waals surface area contributed by atoms with Gasteiger partial charge in [-0.05, 0) is 31.1 Å². The van der Waals surface area contributed by atoms with Crippen molar-refractivity contribution in [3.8, 4) is 0 Å². The Balaban J connectivity index is 2.13. The summed E-state index contributed by atoms with van der Waals surface area (Å²) in [7, 11) is 0. The maximum Gasteiger partial charge on any atom is 0.0801 e. The second-order valence-electron chi connectivity index (χ2n) is 4.66. The lowest BCUT2D eigenvalue weighted by atomic mass is 9.80. The third-order valence-corrected chi connectivity index (χ3v) is 3.24. The normalized spacial score (nSPS) is 30.2. The van der Waals surface area contributed by atoms with Gasteiger partial charge in [-0.2, -0.15) is 0 Å². The smallest absolute Gasteiger partial charge is 0.0801 e. The van der Waals surface area contributed by atoms with Crippen molar-refractivity contribution in [2.45, 2.75) is 52.1 Å². The lowest BCUT2D eigenvalue weighted by Crippen LogP contribution is -2.29. The molecule has 0 bridgehead atoms. The summed E-state index contributed by atoms with van der Waals surface area (Å²) < 4.78 is 5.37. The first kappa shape index (κ1) is 12.0. The lowest BCUT2D eigenvalue weighted by Gasteiger charge is -2.29. The van der Waals surface area contributed by atoms with Gasteiger partial charge in [-0.25, -0.2) is 0 Å². The van der Waals surface area contributed by atoms with Crippen LogP contribution in [0.5, 0.6) is 0 Å². The van der Waals surface area contributed by atoms with Gasteiger partial charge in [0.1, 0.15) is 0 Å². The van der Waals surface area contributed by atoms with Crippen molar-refractivity contribution in [1.29, 1.82) is 0 Å². The molecule has 0 radical (unpaired) electrons. The standard InChI is InChI=1S/C12H24O2/c1-3-8-14-9-12(13)11-6-4-10(2)5-7-11/h10-13H,3-9H2,1-2H3. The summed E-state index contributed by atoms with van der Waals surface area (Å²) in [5.41, 5.74) is 0. The molecule has 1 atom stereocenters. The molecule has 0 amide bonds. The van der Waals surface area contributed by atoms with Crippen molar-refractivity contribution >= 4 is 0 Å². The summed E-state index contributed by atoms with van der Waals surface area (Å²) in [5.74, 6) is 1.35. The number of ether oxygens (including phenoxy) is 1. The molecule has 1 aliphatic carbocycles. The first-order valence-corrected chi connectivity index (χ1v) is 5.99. The van der Waals surface area contributed by atoms with Crippen molar-refractivity contribution in [3.05, 3.63) is 0 Å². The summed E-state index contributed by atoms with van der Waals surface area (Å²) in [6.07, 6.45) is 5.71. The van der Waals surface area contributed by atoms with E-state index in [0.29, 0.717) is 12.5 Å². The maximum atomic E-state index is 9.86. The lowest BCUT2D eigenvalue weighted by molar-refractivity contribution is -0.00794. The molecule has 0 heterocycles. The van der Waals surface area contributed by atoms with Crippen molar-refractivity contribution in [3.63, 3.8) is 0 Å². The average molecular weight is 200 g/mol. The highest BCUT2D eigenvalue weighted by atomic mass is 16.5. The predicted molar refractivity (Wildman–Crippen MR) is 58.2 cm³/mol. The van der Waals surface area contributed by atoms with Crippen molar-refractivity contribution in [2.75, 3.05) is 13.2 Å². The molecular formula is C12H24O2. The minimum absolute atomic E-state index is 0.228. The van der Waals surface area contributed by atoms with Crippen LogP contribution in [0.3, 0.4) is 0 Å². The van der Waals surface area contributed by atoms with Gasteiger partial charge < -0.3 is 9.84 Å². The maximum absolute atomic E-state index is 9.86. The van der Waals surface area contributed by atoms with Gasteiger partial charge in [0.15, 0.2) is 0 Å². The third kappa shape index (κ3) is 3.97. The zero-order valence-electron chi connectivity index (χ0n) is 9.54. The molecule has 2 nitrogen and oxygen atoms in total. The average Bonchev–Trinajstić information content (AvgIpc) is 2.19. The quantitative estimate of drug-likeness (QED) is 0.691. The third-order valence-electron chi connectivity index (χ3n) is 3.24. The van der Waals surface area contributed by atoms with E-state index in [-0.39, 0.29) is 6.10 Å². The molecule has 1 aliphatic rings. The highest BCUT2D eigenvalue weighted by molar-refractivity contribution is 4.75. The summed E-state index contributed by atoms with van der Waals surface area (Å²) in [5, 5.41) is 9.86. The van der Waals surface area contributed by atoms with E-state index >= 15 is 0 Å². The number of hydrogen-bond donors (Lipinski definition) is 1. The van der Waals surface area contributed by atoms with E-state index in [0.717, 1.165) is 18.9 Å². The Morgan fingerprint density at radius 2 is 1.93 bits per heavy atom. The van der Waals surface area contributed by atoms with Crippen molar-refractivity contribution in [1.82, 2.24) is 0 Å². The molecule has 1 saturated carbocycles. The highest BCUT2D eigenvalue weighted by Gasteiger charge is 2.24. The van der Waals surface area contributed by atoms with Crippen LogP contribution >= 0.6 is 0 Å². The van der Waals surface area contributed by atoms with E-state index < -0.39 is 0 Å². The molecule has 0 aromatic heterocycles. The molecule has 1 fully saturated rings. The fraction of sp³-hybridized carbons (Fsp3) is 1.00. The van der Waals surface area contributed by atoms with Crippen LogP contribution in [0.2, 0.25) is 0 Å². The fourth-order valence-electron chi connectivity index (χ4n) is 2.16. The summed E-state index contributed by atoms with van der Waals surface area (Å²) in [6.45, 7) is 5.71. The first-order valence-electron chi connectivity index (χ1n) is 5.99. The van der Waals surface area contributed by atoms with Gasteiger partial charge in [0.2, 0.25) is 0 Å². The SMILES string of the molecule is CCCOCC(O)C1CCC(C)CC1. The minimum atomic E-state index is -0.228. The Kier molecular flexibility index (Phi) is 5.49. The molecule has 1 N–H and O–H groups in total. The Morgan fingerprint density at radius 3 is 2.50 bits per heavy atom. The van der Waals surface area contributed by atoms with Gasteiger partial charge in [-0.1, -0.05) is 26.7 Å². The van der Waals surface area contributed by atoms with Gasteiger partial charge in [-0.15, -0.1) is 0 Å². The van der Waals surface area contributed by atoms with Gasteiger partial charge in [0.25, 0.3) is 0 Å². The molecule has 14 heavy (non-hydrogen) atoms. The molecule has 2 heteroatoms. The van der Waals surface area contributed by atoms with Gasteiger partial charge in [0.05, 0.1) is 12.7 Å². The van der Waals surface area contributed by atoms with E-state index in [1.807, 2.05) is 0 Å². The van der Waals surface area contributed by atoms with Crippen LogP contribution in [0.15, 0.2) is 0 Å². The van der Waals surface area contributed by atoms with Gasteiger partial charge in [-0.3, -0.25) is 0 Å². The Morgan fingerprint density at radius 1 is 1.29 bits per heavy atom. The van der Waals surface area contributed by atoms with E-state index in [9.17, 15) is 5.11 Å². The number of aliphatic hydroxyl groups excluding tert-OH is 1. The van der Waals surface area contributed by atoms with Crippen LogP contribution in [0.1, 0.15) is 46.0 Å². The fourth-order valence-corrected chi connectivity index (χ4v) is 2.16. The Labute approximate surface area is 87.7 Å². The van der Waals surface area contributed by atoms with Gasteiger partial charge >= 0.3 is 0 Å². The van der Waals surface area contributed by atoms with Crippen LogP contribution in [0, 0.1) is 11.8 Å². The second-order valence-corrected chi connectivity index (χ2v) is 4.66. The largest absolute Gasteiger partial charge is 0.390 e. The van der Waals surface area contributed by atoms with E-state index in [1.54, 1.807) is 0 Å². The summed E-state index contributed by atoms with van der Waals surface area (Å²) in [4.78, 5) is 0. The zero-order valence-corrected chi connectivity index (χ0v) is 9.54. The van der Waals surface area contributed by atoms with E-state index in [4.69, 9.17) is 4.74 Å². The highest BCUT2D eigenvalue weighted by Crippen LogP contribution is 2.30. The van der Waals surface area contributed by atoms with Crippen LogP contribution < -0.4 is 0 Å². The molecule has 1 rings (SSSR count). The molecule has 1 unspecified atom stereocenters. The molecule has 0 aromatic carbocycles. The monoisotopic (exact) mass is 200 g/mol. The zero-order chi connectivity index (χ0) is 10.4.